The zero-order chi connectivity index (χ0) is 30.1. The highest BCUT2D eigenvalue weighted by atomic mass is 16.3. The normalized spacial score (nSPS) is 14.8. The predicted octanol–water partition coefficient (Wildman–Crippen LogP) is 4.07. The zero-order valence-electron chi connectivity index (χ0n) is 24.2. The van der Waals surface area contributed by atoms with E-state index in [1.807, 2.05) is 56.4 Å². The SMILES string of the molecule is Cc1cc(C(=O)N2Cc3cnn(C)c3Nc3ccccc32)ccc1CNC(=O)N1CCN(Cc2cc(O)cc(O)c2)CC1. The van der Waals surface area contributed by atoms with E-state index in [1.54, 1.807) is 32.8 Å². The van der Waals surface area contributed by atoms with Crippen molar-refractivity contribution in [1.82, 2.24) is 24.9 Å². The molecule has 0 saturated carbocycles. The molecule has 4 N–H and O–H groups in total. The largest absolute Gasteiger partial charge is 0.508 e. The van der Waals surface area contributed by atoms with E-state index in [0.717, 1.165) is 39.4 Å². The summed E-state index contributed by atoms with van der Waals surface area (Å²) in [5.74, 6) is 0.828. The Morgan fingerprint density at radius 3 is 2.47 bits per heavy atom. The Balaban J connectivity index is 1.07. The Bertz CT molecular complexity index is 1660. The molecule has 11 nitrogen and oxygen atoms in total. The molecular weight excluding hydrogens is 546 g/mol. The van der Waals surface area contributed by atoms with Crippen LogP contribution in [0.5, 0.6) is 11.5 Å². The number of nitrogens with zero attached hydrogens (tertiary/aromatic N) is 5. The lowest BCUT2D eigenvalue weighted by Crippen LogP contribution is -2.51. The summed E-state index contributed by atoms with van der Waals surface area (Å²) in [7, 11) is 1.87. The van der Waals surface area contributed by atoms with E-state index < -0.39 is 0 Å². The first kappa shape index (κ1) is 28.1. The van der Waals surface area contributed by atoms with Crippen molar-refractivity contribution < 1.29 is 19.8 Å². The number of nitrogens with one attached hydrogen (secondary N) is 2. The van der Waals surface area contributed by atoms with Crippen LogP contribution in [0.2, 0.25) is 0 Å². The Morgan fingerprint density at radius 2 is 1.72 bits per heavy atom. The summed E-state index contributed by atoms with van der Waals surface area (Å²) >= 11 is 0. The molecule has 1 fully saturated rings. The number of fused-ring (bicyclic) bond motifs is 2. The summed E-state index contributed by atoms with van der Waals surface area (Å²) in [4.78, 5) is 32.5. The topological polar surface area (TPSA) is 126 Å². The molecule has 1 aromatic heterocycles. The smallest absolute Gasteiger partial charge is 0.317 e. The van der Waals surface area contributed by atoms with Crippen molar-refractivity contribution in [1.29, 1.82) is 0 Å². The average Bonchev–Trinajstić information content (AvgIpc) is 3.23. The minimum Gasteiger partial charge on any atom is -0.508 e. The van der Waals surface area contributed by atoms with Gasteiger partial charge in [-0.05, 0) is 60.0 Å². The van der Waals surface area contributed by atoms with Crippen molar-refractivity contribution in [3.05, 3.63) is 94.7 Å². The van der Waals surface area contributed by atoms with Crippen LogP contribution in [-0.2, 0) is 26.7 Å². The molecule has 4 aromatic rings. The number of hydrogen-bond acceptors (Lipinski definition) is 7. The van der Waals surface area contributed by atoms with Gasteiger partial charge < -0.3 is 30.6 Å². The number of hydrogen-bond donors (Lipinski definition) is 4. The van der Waals surface area contributed by atoms with E-state index in [4.69, 9.17) is 0 Å². The number of carbonyl (C=O) groups is 2. The second-order valence-corrected chi connectivity index (χ2v) is 11.1. The van der Waals surface area contributed by atoms with E-state index in [0.29, 0.717) is 51.4 Å². The number of benzene rings is 3. The number of para-hydroxylation sites is 2. The number of aryl methyl sites for hydroxylation is 2. The van der Waals surface area contributed by atoms with Crippen molar-refractivity contribution >= 4 is 29.1 Å². The van der Waals surface area contributed by atoms with Gasteiger partial charge in [0.2, 0.25) is 0 Å². The molecule has 0 bridgehead atoms. The van der Waals surface area contributed by atoms with Gasteiger partial charge in [-0.15, -0.1) is 0 Å². The maximum atomic E-state index is 13.8. The molecule has 2 aliphatic heterocycles. The molecule has 11 heteroatoms. The molecule has 0 unspecified atom stereocenters. The van der Waals surface area contributed by atoms with Crippen LogP contribution in [-0.4, -0.2) is 67.9 Å². The molecule has 0 atom stereocenters. The highest BCUT2D eigenvalue weighted by Gasteiger charge is 2.27. The molecule has 3 heterocycles. The summed E-state index contributed by atoms with van der Waals surface area (Å²) in [6, 6.07) is 17.8. The maximum Gasteiger partial charge on any atom is 0.317 e. The number of aromatic hydroxyl groups is 2. The number of phenolic OH excluding ortho intramolecular Hbond substituents is 2. The average molecular weight is 582 g/mol. The van der Waals surface area contributed by atoms with Gasteiger partial charge in [0, 0.05) is 63.5 Å². The number of phenols is 2. The van der Waals surface area contributed by atoms with Crippen LogP contribution >= 0.6 is 0 Å². The molecular formula is C32H35N7O4. The van der Waals surface area contributed by atoms with Gasteiger partial charge >= 0.3 is 6.03 Å². The third-order valence-corrected chi connectivity index (χ3v) is 8.08. The molecule has 6 rings (SSSR count). The van der Waals surface area contributed by atoms with Crippen LogP contribution in [0.25, 0.3) is 0 Å². The van der Waals surface area contributed by atoms with E-state index in [-0.39, 0.29) is 23.4 Å². The summed E-state index contributed by atoms with van der Waals surface area (Å²) in [6.07, 6.45) is 1.78. The Morgan fingerprint density at radius 1 is 0.977 bits per heavy atom. The number of anilines is 3. The van der Waals surface area contributed by atoms with Crippen LogP contribution in [0, 0.1) is 6.92 Å². The Hall–Kier alpha value is -5.03. The first-order valence-electron chi connectivity index (χ1n) is 14.3. The van der Waals surface area contributed by atoms with Gasteiger partial charge in [-0.1, -0.05) is 18.2 Å². The van der Waals surface area contributed by atoms with E-state index in [2.05, 4.69) is 20.6 Å². The highest BCUT2D eigenvalue weighted by molar-refractivity contribution is 6.08. The third kappa shape index (κ3) is 5.98. The van der Waals surface area contributed by atoms with Crippen molar-refractivity contribution in [3.8, 4) is 11.5 Å². The monoisotopic (exact) mass is 581 g/mol. The van der Waals surface area contributed by atoms with Crippen LogP contribution in [0.4, 0.5) is 22.0 Å². The first-order chi connectivity index (χ1) is 20.7. The van der Waals surface area contributed by atoms with Gasteiger partial charge in [0.05, 0.1) is 24.1 Å². The third-order valence-electron chi connectivity index (χ3n) is 8.08. The van der Waals surface area contributed by atoms with Crippen LogP contribution in [0.3, 0.4) is 0 Å². The summed E-state index contributed by atoms with van der Waals surface area (Å²) in [5.41, 5.74) is 5.85. The standard InChI is InChI=1S/C32H35N7O4/c1-21-13-23(31(42)39-20-25-18-34-36(2)30(25)35-28-5-3-4-6-29(28)39)7-8-24(21)17-33-32(43)38-11-9-37(10-12-38)19-22-14-26(40)16-27(41)15-22/h3-8,13-16,18,35,40-41H,9-12,17,19-20H2,1-2H3,(H,33,43). The molecule has 0 radical (unpaired) electrons. The number of urea groups is 1. The molecule has 3 amide bonds. The van der Waals surface area contributed by atoms with E-state index in [1.165, 1.54) is 6.07 Å². The molecule has 43 heavy (non-hydrogen) atoms. The Labute approximate surface area is 250 Å². The first-order valence-corrected chi connectivity index (χ1v) is 14.3. The van der Waals surface area contributed by atoms with Gasteiger partial charge in [0.1, 0.15) is 17.3 Å². The van der Waals surface area contributed by atoms with Gasteiger partial charge in [-0.25, -0.2) is 4.79 Å². The molecule has 0 spiro atoms. The maximum absolute atomic E-state index is 13.8. The fraction of sp³-hybridized carbons (Fsp3) is 0.281. The Kier molecular flexibility index (Phi) is 7.64. The summed E-state index contributed by atoms with van der Waals surface area (Å²) in [5, 5.41) is 30.3. The summed E-state index contributed by atoms with van der Waals surface area (Å²) < 4.78 is 1.77. The van der Waals surface area contributed by atoms with Gasteiger partial charge in [-0.2, -0.15) is 5.10 Å². The predicted molar refractivity (Wildman–Crippen MR) is 163 cm³/mol. The van der Waals surface area contributed by atoms with Crippen molar-refractivity contribution in [2.75, 3.05) is 36.4 Å². The molecule has 3 aromatic carbocycles. The minimum absolute atomic E-state index is 0.0357. The number of carbonyl (C=O) groups excluding carboxylic acids is 2. The lowest BCUT2D eigenvalue weighted by molar-refractivity contribution is 0.0985. The summed E-state index contributed by atoms with van der Waals surface area (Å²) in [6.45, 7) is 5.83. The minimum atomic E-state index is -0.129. The van der Waals surface area contributed by atoms with Gasteiger partial charge in [0.15, 0.2) is 0 Å². The van der Waals surface area contributed by atoms with Gasteiger partial charge in [-0.3, -0.25) is 14.4 Å². The fourth-order valence-corrected chi connectivity index (χ4v) is 5.72. The zero-order valence-corrected chi connectivity index (χ0v) is 24.2. The molecule has 1 saturated heterocycles. The molecule has 2 aliphatic rings. The number of piperazine rings is 1. The van der Waals surface area contributed by atoms with Crippen LogP contribution < -0.4 is 15.5 Å². The van der Waals surface area contributed by atoms with Gasteiger partial charge in [0.25, 0.3) is 5.91 Å². The second kappa shape index (κ2) is 11.7. The second-order valence-electron chi connectivity index (χ2n) is 11.1. The number of aromatic nitrogens is 2. The number of amides is 3. The fourth-order valence-electron chi connectivity index (χ4n) is 5.72. The quantitative estimate of drug-likeness (QED) is 0.280. The highest BCUT2D eigenvalue weighted by Crippen LogP contribution is 2.36. The van der Waals surface area contributed by atoms with Crippen LogP contribution in [0.15, 0.2) is 66.9 Å². The molecule has 0 aliphatic carbocycles. The number of rotatable bonds is 5. The molecule has 222 valence electrons. The lowest BCUT2D eigenvalue weighted by atomic mass is 10.0. The van der Waals surface area contributed by atoms with E-state index in [9.17, 15) is 19.8 Å². The van der Waals surface area contributed by atoms with E-state index >= 15 is 0 Å². The van der Waals surface area contributed by atoms with Crippen molar-refractivity contribution in [3.63, 3.8) is 0 Å². The van der Waals surface area contributed by atoms with Crippen molar-refractivity contribution in [2.45, 2.75) is 26.6 Å². The van der Waals surface area contributed by atoms with Crippen LogP contribution in [0.1, 0.15) is 32.6 Å². The van der Waals surface area contributed by atoms with Crippen molar-refractivity contribution in [2.24, 2.45) is 7.05 Å². The lowest BCUT2D eigenvalue weighted by Gasteiger charge is -2.34.